The predicted molar refractivity (Wildman–Crippen MR) is 265 cm³/mol. The van der Waals surface area contributed by atoms with Crippen LogP contribution in [0, 0.1) is 15.5 Å². The number of H-pyrrole nitrogens is 1. The molecule has 1 aliphatic carbocycles. The number of carbonyl (C=O) groups is 1. The molecule has 2 aromatic heterocycles. The molecule has 5 aromatic rings. The maximum atomic E-state index is 14.0. The zero-order chi connectivity index (χ0) is 47.5. The number of piperazine rings is 1. The summed E-state index contributed by atoms with van der Waals surface area (Å²) in [7, 11) is -6.82. The molecule has 0 unspecified atom stereocenters. The van der Waals surface area contributed by atoms with Gasteiger partial charge in [0.25, 0.3) is 21.6 Å². The lowest BCUT2D eigenvalue weighted by atomic mass is 9.72. The van der Waals surface area contributed by atoms with E-state index < -0.39 is 41.2 Å². The molecule has 4 heterocycles. The number of nitro groups is 1. The summed E-state index contributed by atoms with van der Waals surface area (Å²) >= 11 is 6.25. The summed E-state index contributed by atoms with van der Waals surface area (Å²) in [4.78, 5) is 39.5. The first-order valence-corrected chi connectivity index (χ1v) is 26.4. The Kier molecular flexibility index (Phi) is 14.3. The van der Waals surface area contributed by atoms with E-state index >= 15 is 0 Å². The van der Waals surface area contributed by atoms with Crippen LogP contribution in [0.1, 0.15) is 62.9 Å². The molecule has 8 rings (SSSR count). The molecule has 2 saturated heterocycles. The number of aromatic nitrogens is 2. The van der Waals surface area contributed by atoms with Gasteiger partial charge in [-0.3, -0.25) is 24.7 Å². The number of benzene rings is 3. The number of hydrogen-bond acceptors (Lipinski definition) is 13. The van der Waals surface area contributed by atoms with Crippen LogP contribution in [-0.4, -0.2) is 120 Å². The Morgan fingerprint density at radius 1 is 1.01 bits per heavy atom. The first kappa shape index (κ1) is 47.9. The van der Waals surface area contributed by atoms with Gasteiger partial charge in [0.2, 0.25) is 0 Å². The highest BCUT2D eigenvalue weighted by Crippen LogP contribution is 2.43. The van der Waals surface area contributed by atoms with Crippen molar-refractivity contribution in [3.8, 4) is 11.5 Å². The van der Waals surface area contributed by atoms with Crippen LogP contribution in [0.2, 0.25) is 5.02 Å². The van der Waals surface area contributed by atoms with Gasteiger partial charge in [-0.2, -0.15) is 0 Å². The highest BCUT2D eigenvalue weighted by molar-refractivity contribution is 7.93. The third-order valence-corrected chi connectivity index (χ3v) is 16.7. The van der Waals surface area contributed by atoms with Crippen LogP contribution in [0.3, 0.4) is 0 Å². The second kappa shape index (κ2) is 20.0. The van der Waals surface area contributed by atoms with Gasteiger partial charge in [0.1, 0.15) is 22.8 Å². The Labute approximate surface area is 397 Å². The number of allylic oxidation sites excluding steroid dienone is 1. The Morgan fingerprint density at radius 2 is 1.76 bits per heavy atom. The smallest absolute Gasteiger partial charge is 0.293 e. The molecule has 0 saturated carbocycles. The first-order chi connectivity index (χ1) is 32.0. The molecule has 3 aromatic carbocycles. The van der Waals surface area contributed by atoms with E-state index in [4.69, 9.17) is 16.3 Å². The van der Waals surface area contributed by atoms with E-state index in [1.165, 1.54) is 41.1 Å². The molecule has 1 amide bonds. The molecule has 0 bridgehead atoms. The van der Waals surface area contributed by atoms with Gasteiger partial charge in [-0.25, -0.2) is 26.7 Å². The van der Waals surface area contributed by atoms with Crippen molar-refractivity contribution in [3.63, 3.8) is 0 Å². The van der Waals surface area contributed by atoms with Crippen LogP contribution < -0.4 is 19.7 Å². The highest BCUT2D eigenvalue weighted by atomic mass is 35.5. The maximum Gasteiger partial charge on any atom is 0.293 e. The number of aromatic amines is 1. The molecule has 0 radical (unpaired) electrons. The van der Waals surface area contributed by atoms with Crippen molar-refractivity contribution < 1.29 is 27.1 Å². The van der Waals surface area contributed by atoms with Crippen molar-refractivity contribution in [1.82, 2.24) is 24.5 Å². The number of ether oxygens (including phenoxy) is 1. The number of amides is 1. The summed E-state index contributed by atoms with van der Waals surface area (Å²) in [5.74, 6) is 0.410. The summed E-state index contributed by atoms with van der Waals surface area (Å²) in [6.07, 6.45) is 6.45. The van der Waals surface area contributed by atoms with Gasteiger partial charge in [-0.1, -0.05) is 43.2 Å². The van der Waals surface area contributed by atoms with Crippen LogP contribution in [0.15, 0.2) is 100 Å². The molecule has 16 nitrogen and oxygen atoms in total. The minimum absolute atomic E-state index is 0.0551. The number of hydrogen-bond donors (Lipinski definition) is 3. The molecule has 2 fully saturated rings. The molecule has 1 atom stereocenters. The van der Waals surface area contributed by atoms with E-state index in [1.807, 2.05) is 32.0 Å². The fourth-order valence-corrected chi connectivity index (χ4v) is 12.3. The van der Waals surface area contributed by atoms with Crippen LogP contribution in [0.25, 0.3) is 16.6 Å². The number of fused-ring (bicyclic) bond motifs is 1. The molecule has 3 aliphatic rings. The van der Waals surface area contributed by atoms with Crippen LogP contribution >= 0.6 is 11.6 Å². The number of nitrogens with one attached hydrogen (secondary N) is 3. The van der Waals surface area contributed by atoms with Crippen molar-refractivity contribution >= 4 is 70.9 Å². The van der Waals surface area contributed by atoms with Crippen LogP contribution in [-0.2, 0) is 19.8 Å². The number of nitrogens with zero attached hydrogens (tertiary/aromatic N) is 6. The molecule has 0 spiro atoms. The summed E-state index contributed by atoms with van der Waals surface area (Å²) in [6, 6.07) is 20.0. The Balaban J connectivity index is 0.979. The van der Waals surface area contributed by atoms with E-state index in [-0.39, 0.29) is 28.5 Å². The number of halogens is 1. The Morgan fingerprint density at radius 3 is 2.48 bits per heavy atom. The Bertz CT molecular complexity index is 2910. The number of sulfonamides is 1. The molecule has 356 valence electrons. The molecule has 19 heteroatoms. The minimum atomic E-state index is -4.61. The third kappa shape index (κ3) is 11.6. The van der Waals surface area contributed by atoms with E-state index in [1.54, 1.807) is 24.4 Å². The lowest BCUT2D eigenvalue weighted by Gasteiger charge is -2.39. The number of carbonyl (C=O) groups excluding carboxylic acids is 1. The van der Waals surface area contributed by atoms with Gasteiger partial charge in [-0.15, -0.1) is 0 Å². The quantitative estimate of drug-likeness (QED) is 0.0671. The lowest BCUT2D eigenvalue weighted by molar-refractivity contribution is -0.384. The fraction of sp³-hybridized carbons (Fsp3) is 0.417. The number of rotatable bonds is 15. The zero-order valence-electron chi connectivity index (χ0n) is 38.3. The van der Waals surface area contributed by atoms with Gasteiger partial charge >= 0.3 is 0 Å². The first-order valence-electron chi connectivity index (χ1n) is 22.7. The highest BCUT2D eigenvalue weighted by Gasteiger charge is 2.31. The van der Waals surface area contributed by atoms with E-state index in [9.17, 15) is 27.5 Å². The topological polar surface area (TPSA) is 195 Å². The van der Waals surface area contributed by atoms with Gasteiger partial charge in [-0.05, 0) is 98.2 Å². The summed E-state index contributed by atoms with van der Waals surface area (Å²) in [6.45, 7) is 14.5. The van der Waals surface area contributed by atoms with Crippen molar-refractivity contribution in [2.24, 2.45) is 9.78 Å². The lowest BCUT2D eigenvalue weighted by Crippen LogP contribution is -2.47. The van der Waals surface area contributed by atoms with Crippen molar-refractivity contribution in [3.05, 3.63) is 117 Å². The monoisotopic (exact) mass is 971 g/mol. The average Bonchev–Trinajstić information content (AvgIpc) is 3.76. The largest absolute Gasteiger partial charge is 0.455 e. The fourth-order valence-electron chi connectivity index (χ4n) is 9.17. The maximum absolute atomic E-state index is 14.0. The van der Waals surface area contributed by atoms with Crippen LogP contribution in [0.4, 0.5) is 17.1 Å². The van der Waals surface area contributed by atoms with Crippen molar-refractivity contribution in [2.45, 2.75) is 57.9 Å². The number of anilines is 2. The SMILES string of the molecule is CCN=S1(=O)CCN(C[C@H](C)Nc2ccc(S(=O)(=O)NC(=O)c3ccc(N4CCN(CC5=C(c6ccc(Cl)cc6)CC(C)(C)CC5)CC4)cc3Oc3cnc4[nH]ccc4c3)cc2[N+](=O)[O-])CC1. The van der Waals surface area contributed by atoms with Crippen molar-refractivity contribution in [2.75, 3.05) is 80.6 Å². The summed E-state index contributed by atoms with van der Waals surface area (Å²) < 4.78 is 53.2. The zero-order valence-corrected chi connectivity index (χ0v) is 40.7. The molecule has 2 aliphatic heterocycles. The van der Waals surface area contributed by atoms with Gasteiger partial charge in [0.15, 0.2) is 0 Å². The molecule has 3 N–H and O–H groups in total. The normalized spacial score (nSPS) is 18.4. The van der Waals surface area contributed by atoms with E-state index in [2.05, 4.69) is 65.0 Å². The van der Waals surface area contributed by atoms with Crippen LogP contribution in [0.5, 0.6) is 11.5 Å². The third-order valence-electron chi connectivity index (χ3n) is 12.8. The molecule has 67 heavy (non-hydrogen) atoms. The summed E-state index contributed by atoms with van der Waals surface area (Å²) in [5, 5.41) is 16.9. The number of nitro benzene ring substituents is 1. The Hall–Kier alpha value is -5.53. The predicted octanol–water partition coefficient (Wildman–Crippen LogP) is 8.43. The van der Waals surface area contributed by atoms with Gasteiger partial charge in [0.05, 0.1) is 21.6 Å². The van der Waals surface area contributed by atoms with E-state index in [0.29, 0.717) is 62.2 Å². The van der Waals surface area contributed by atoms with Gasteiger partial charge < -0.3 is 19.9 Å². The minimum Gasteiger partial charge on any atom is -0.455 e. The molecular weight excluding hydrogens is 914 g/mol. The second-order valence-electron chi connectivity index (χ2n) is 18.4. The second-order valence-corrected chi connectivity index (χ2v) is 23.1. The van der Waals surface area contributed by atoms with Crippen molar-refractivity contribution in [1.29, 1.82) is 0 Å². The average molecular weight is 973 g/mol. The van der Waals surface area contributed by atoms with Gasteiger partial charge in [0, 0.05) is 121 Å². The standard InChI is InChI=1S/C48H58ClN9O7S2/c1-5-52-66(62)24-22-56(23-25-66)31-33(2)53-43-13-11-40(28-44(43)58(60)61)67(63,64)54-47(59)41-12-10-38(27-45(41)65-39-26-35-15-17-50-46(35)51-30-39)57-20-18-55(19-21-57)32-36-14-16-48(3,4)29-42(36)34-6-8-37(49)9-7-34/h6-13,15,17,26-28,30,33,53H,5,14,16,18-25,29,31-32H2,1-4H3,(H,50,51)(H,54,59)/t33-/m0/s1. The van der Waals surface area contributed by atoms with E-state index in [0.717, 1.165) is 61.1 Å². The molecular formula is C48H58ClN9O7S2. The number of pyridine rings is 1. The summed E-state index contributed by atoms with van der Waals surface area (Å²) in [5.41, 5.74) is 5.36.